The molecule has 1 N–H and O–H groups in total. The van der Waals surface area contributed by atoms with Gasteiger partial charge in [-0.3, -0.25) is 9.59 Å². The van der Waals surface area contributed by atoms with Crippen LogP contribution in [-0.4, -0.2) is 21.7 Å². The highest BCUT2D eigenvalue weighted by molar-refractivity contribution is 7.10. The third-order valence-corrected chi connectivity index (χ3v) is 6.09. The number of benzene rings is 2. The van der Waals surface area contributed by atoms with Gasteiger partial charge in [-0.15, -0.1) is 11.3 Å². The molecule has 1 aliphatic heterocycles. The Hall–Kier alpha value is -3.25. The number of thiophene rings is 1. The topological polar surface area (TPSA) is 57.6 Å². The zero-order chi connectivity index (χ0) is 21.1. The predicted octanol–water partition coefficient (Wildman–Crippen LogP) is 4.98. The second-order valence-electron chi connectivity index (χ2n) is 7.15. The number of nitrogens with zero attached hydrogens (tertiary/aromatic N) is 1. The molecule has 4 rings (SSSR count). The number of hydrogen-bond acceptors (Lipinski definition) is 4. The minimum absolute atomic E-state index is 0.139. The van der Waals surface area contributed by atoms with Crippen molar-refractivity contribution in [1.29, 1.82) is 0 Å². The summed E-state index contributed by atoms with van der Waals surface area (Å²) >= 11 is 1.43. The average Bonchev–Trinajstić information content (AvgIpc) is 3.37. The Morgan fingerprint density at radius 2 is 1.73 bits per heavy atom. The number of ketones is 1. The molecule has 0 saturated heterocycles. The van der Waals surface area contributed by atoms with Gasteiger partial charge in [0.05, 0.1) is 11.6 Å². The number of amides is 1. The Labute approximate surface area is 177 Å². The molecule has 0 saturated carbocycles. The van der Waals surface area contributed by atoms with Crippen molar-refractivity contribution >= 4 is 23.0 Å². The fraction of sp³-hybridized carbons (Fsp3) is 0.167. The van der Waals surface area contributed by atoms with E-state index in [1.54, 1.807) is 12.1 Å². The minimum atomic E-state index is -0.647. The van der Waals surface area contributed by atoms with Gasteiger partial charge in [-0.1, -0.05) is 48.5 Å². The van der Waals surface area contributed by atoms with E-state index in [4.69, 9.17) is 0 Å². The number of Topliss-reactive ketones (excluding diaryl/α,β-unsaturated/α-hetero) is 1. The molecule has 0 spiro atoms. The first-order chi connectivity index (χ1) is 14.5. The quantitative estimate of drug-likeness (QED) is 0.585. The second-order valence-corrected chi connectivity index (χ2v) is 8.13. The Balaban J connectivity index is 1.61. The van der Waals surface area contributed by atoms with Gasteiger partial charge < -0.3 is 10.0 Å². The number of carbonyl (C=O) groups excluding carboxylic acids is 2. The van der Waals surface area contributed by atoms with E-state index in [0.29, 0.717) is 6.42 Å². The van der Waals surface area contributed by atoms with Gasteiger partial charge in [0.1, 0.15) is 5.82 Å². The first-order valence-electron chi connectivity index (χ1n) is 9.63. The molecule has 0 fully saturated rings. The van der Waals surface area contributed by atoms with Crippen LogP contribution in [0, 0.1) is 5.82 Å². The Morgan fingerprint density at radius 3 is 2.40 bits per heavy atom. The summed E-state index contributed by atoms with van der Waals surface area (Å²) in [6, 6.07) is 18.5. The van der Waals surface area contributed by atoms with Crippen molar-refractivity contribution in [3.63, 3.8) is 0 Å². The monoisotopic (exact) mass is 421 g/mol. The number of aliphatic hydroxyl groups excluding tert-OH is 1. The fourth-order valence-electron chi connectivity index (χ4n) is 3.67. The standard InChI is InChI=1S/C24H20FNO3S/c25-18-11-8-17(9-12-18)15-26-22(20-7-4-14-30-20)21(23(28)24(26)29)19(27)13-10-16-5-2-1-3-6-16/h1-9,11-12,14,22,28H,10,13,15H2. The van der Waals surface area contributed by atoms with E-state index in [0.717, 1.165) is 16.0 Å². The van der Waals surface area contributed by atoms with Crippen molar-refractivity contribution in [3.05, 3.63) is 105 Å². The van der Waals surface area contributed by atoms with Crippen molar-refractivity contribution in [3.8, 4) is 0 Å². The lowest BCUT2D eigenvalue weighted by molar-refractivity contribution is -0.130. The SMILES string of the molecule is O=C(CCc1ccccc1)C1=C(O)C(=O)N(Cc2ccc(F)cc2)C1c1cccs1. The van der Waals surface area contributed by atoms with E-state index >= 15 is 0 Å². The van der Waals surface area contributed by atoms with Crippen LogP contribution in [0.5, 0.6) is 0 Å². The van der Waals surface area contributed by atoms with Gasteiger partial charge in [0.15, 0.2) is 11.5 Å². The molecule has 0 bridgehead atoms. The molecule has 2 aromatic carbocycles. The van der Waals surface area contributed by atoms with Gasteiger partial charge in [-0.05, 0) is 41.1 Å². The number of halogens is 1. The van der Waals surface area contributed by atoms with Crippen molar-refractivity contribution in [2.45, 2.75) is 25.4 Å². The van der Waals surface area contributed by atoms with E-state index in [1.165, 1.54) is 28.4 Å². The molecule has 6 heteroatoms. The van der Waals surface area contributed by atoms with E-state index in [-0.39, 0.29) is 30.1 Å². The van der Waals surface area contributed by atoms with Crippen molar-refractivity contribution in [2.24, 2.45) is 0 Å². The van der Waals surface area contributed by atoms with Gasteiger partial charge in [0.25, 0.3) is 5.91 Å². The molecule has 30 heavy (non-hydrogen) atoms. The molecule has 0 radical (unpaired) electrons. The molecule has 1 amide bonds. The first kappa shape index (κ1) is 20.0. The molecule has 1 aromatic heterocycles. The van der Waals surface area contributed by atoms with Crippen LogP contribution >= 0.6 is 11.3 Å². The number of hydrogen-bond donors (Lipinski definition) is 1. The highest BCUT2D eigenvalue weighted by atomic mass is 32.1. The summed E-state index contributed by atoms with van der Waals surface area (Å²) in [5.74, 6) is -1.68. The Bertz CT molecular complexity index is 1080. The zero-order valence-electron chi connectivity index (χ0n) is 16.1. The summed E-state index contributed by atoms with van der Waals surface area (Å²) < 4.78 is 13.3. The highest BCUT2D eigenvalue weighted by Gasteiger charge is 2.43. The minimum Gasteiger partial charge on any atom is -0.503 e. The van der Waals surface area contributed by atoms with Gasteiger partial charge in [0, 0.05) is 17.8 Å². The smallest absolute Gasteiger partial charge is 0.290 e. The van der Waals surface area contributed by atoms with Crippen LogP contribution in [0.2, 0.25) is 0 Å². The summed E-state index contributed by atoms with van der Waals surface area (Å²) in [4.78, 5) is 28.2. The normalized spacial score (nSPS) is 16.4. The van der Waals surface area contributed by atoms with Gasteiger partial charge in [-0.2, -0.15) is 0 Å². The summed E-state index contributed by atoms with van der Waals surface area (Å²) in [7, 11) is 0. The molecular weight excluding hydrogens is 401 g/mol. The van der Waals surface area contributed by atoms with Gasteiger partial charge >= 0.3 is 0 Å². The van der Waals surface area contributed by atoms with Gasteiger partial charge in [-0.25, -0.2) is 4.39 Å². The zero-order valence-corrected chi connectivity index (χ0v) is 16.9. The third kappa shape index (κ3) is 4.04. The molecule has 0 aliphatic carbocycles. The average molecular weight is 421 g/mol. The van der Waals surface area contributed by atoms with E-state index < -0.39 is 17.7 Å². The number of aryl methyl sites for hydroxylation is 1. The van der Waals surface area contributed by atoms with Crippen molar-refractivity contribution in [2.75, 3.05) is 0 Å². The molecule has 1 unspecified atom stereocenters. The number of aliphatic hydroxyl groups is 1. The van der Waals surface area contributed by atoms with Crippen molar-refractivity contribution < 1.29 is 19.1 Å². The van der Waals surface area contributed by atoms with Crippen LogP contribution in [0.15, 0.2) is 83.4 Å². The maximum Gasteiger partial charge on any atom is 0.290 e. The van der Waals surface area contributed by atoms with Crippen LogP contribution in [0.4, 0.5) is 4.39 Å². The van der Waals surface area contributed by atoms with Crippen molar-refractivity contribution in [1.82, 2.24) is 4.90 Å². The van der Waals surface area contributed by atoms with E-state index in [2.05, 4.69) is 0 Å². The largest absolute Gasteiger partial charge is 0.503 e. The Kier molecular flexibility index (Phi) is 5.77. The number of rotatable bonds is 7. The maximum absolute atomic E-state index is 13.3. The second kappa shape index (κ2) is 8.63. The van der Waals surface area contributed by atoms with Crippen LogP contribution in [0.25, 0.3) is 0 Å². The molecular formula is C24H20FNO3S. The summed E-state index contributed by atoms with van der Waals surface area (Å²) in [6.45, 7) is 0.168. The molecule has 1 aliphatic rings. The summed E-state index contributed by atoms with van der Waals surface area (Å²) in [5, 5.41) is 12.5. The van der Waals surface area contributed by atoms with Crippen LogP contribution in [0.3, 0.4) is 0 Å². The first-order valence-corrected chi connectivity index (χ1v) is 10.5. The molecule has 152 valence electrons. The maximum atomic E-state index is 13.3. The third-order valence-electron chi connectivity index (χ3n) is 5.17. The van der Waals surface area contributed by atoms with E-state index in [1.807, 2.05) is 47.8 Å². The summed E-state index contributed by atoms with van der Waals surface area (Å²) in [5.41, 5.74) is 1.88. The lowest BCUT2D eigenvalue weighted by Gasteiger charge is -2.25. The molecule has 2 heterocycles. The van der Waals surface area contributed by atoms with Crippen LogP contribution in [-0.2, 0) is 22.6 Å². The fourth-order valence-corrected chi connectivity index (χ4v) is 4.51. The van der Waals surface area contributed by atoms with E-state index in [9.17, 15) is 19.1 Å². The van der Waals surface area contributed by atoms with Crippen LogP contribution in [0.1, 0.15) is 28.5 Å². The number of carbonyl (C=O) groups is 2. The lowest BCUT2D eigenvalue weighted by atomic mass is 9.97. The van der Waals surface area contributed by atoms with Gasteiger partial charge in [0.2, 0.25) is 0 Å². The molecule has 4 nitrogen and oxygen atoms in total. The van der Waals surface area contributed by atoms with Crippen LogP contribution < -0.4 is 0 Å². The lowest BCUT2D eigenvalue weighted by Crippen LogP contribution is -2.30. The summed E-state index contributed by atoms with van der Waals surface area (Å²) in [6.07, 6.45) is 0.725. The predicted molar refractivity (Wildman–Crippen MR) is 113 cm³/mol. The highest BCUT2D eigenvalue weighted by Crippen LogP contribution is 2.41. The molecule has 3 aromatic rings. The molecule has 1 atom stereocenters. The Morgan fingerprint density at radius 1 is 1.00 bits per heavy atom.